The average Bonchev–Trinajstić information content (AvgIpc) is 2.95. The van der Waals surface area contributed by atoms with Gasteiger partial charge < -0.3 is 5.32 Å². The Morgan fingerprint density at radius 1 is 1.44 bits per heavy atom. The normalized spacial score (nSPS) is 20.7. The second-order valence-corrected chi connectivity index (χ2v) is 6.71. The van der Waals surface area contributed by atoms with Crippen LogP contribution < -0.4 is 5.32 Å². The Bertz CT molecular complexity index is 373. The molecule has 2 nitrogen and oxygen atoms in total. The third-order valence-corrected chi connectivity index (χ3v) is 5.05. The minimum absolute atomic E-state index is 0.935. The molecular weight excluding hydrogens is 240 g/mol. The Morgan fingerprint density at radius 2 is 2.28 bits per heavy atom. The van der Waals surface area contributed by atoms with Crippen molar-refractivity contribution in [3.8, 4) is 0 Å². The first kappa shape index (κ1) is 14.0. The number of hydrogen-bond donors (Lipinski definition) is 1. The molecule has 0 aliphatic carbocycles. The standard InChI is InChI=1S/C15H26N2S/c1-4-13-6-7-17(10-13)11-14-8-15(9-16-5-2)18-12(14)3/h8,13,16H,4-7,9-11H2,1-3H3. The van der Waals surface area contributed by atoms with E-state index in [-0.39, 0.29) is 0 Å². The zero-order valence-corrected chi connectivity index (χ0v) is 12.8. The number of nitrogens with zero attached hydrogens (tertiary/aromatic N) is 1. The number of thiophene rings is 1. The van der Waals surface area contributed by atoms with Crippen molar-refractivity contribution in [2.24, 2.45) is 5.92 Å². The molecule has 18 heavy (non-hydrogen) atoms. The highest BCUT2D eigenvalue weighted by atomic mass is 32.1. The molecule has 1 aromatic heterocycles. The molecule has 1 unspecified atom stereocenters. The fourth-order valence-electron chi connectivity index (χ4n) is 2.71. The van der Waals surface area contributed by atoms with Crippen molar-refractivity contribution in [3.63, 3.8) is 0 Å². The van der Waals surface area contributed by atoms with Gasteiger partial charge in [0, 0.05) is 29.4 Å². The first-order valence-corrected chi connectivity index (χ1v) is 8.05. The van der Waals surface area contributed by atoms with E-state index in [0.717, 1.165) is 25.6 Å². The molecule has 1 fully saturated rings. The van der Waals surface area contributed by atoms with Crippen LogP contribution in [0.15, 0.2) is 6.07 Å². The molecule has 1 atom stereocenters. The van der Waals surface area contributed by atoms with E-state index in [1.807, 2.05) is 11.3 Å². The molecule has 1 N–H and O–H groups in total. The number of rotatable bonds is 6. The van der Waals surface area contributed by atoms with Gasteiger partial charge in [-0.2, -0.15) is 0 Å². The second kappa shape index (κ2) is 6.69. The van der Waals surface area contributed by atoms with Crippen LogP contribution in [0.3, 0.4) is 0 Å². The van der Waals surface area contributed by atoms with Gasteiger partial charge in [0.25, 0.3) is 0 Å². The smallest absolute Gasteiger partial charge is 0.0299 e. The van der Waals surface area contributed by atoms with E-state index in [2.05, 4.69) is 37.1 Å². The van der Waals surface area contributed by atoms with Crippen LogP contribution in [0, 0.1) is 12.8 Å². The van der Waals surface area contributed by atoms with Crippen LogP contribution in [0.4, 0.5) is 0 Å². The van der Waals surface area contributed by atoms with Gasteiger partial charge in [-0.05, 0) is 44.0 Å². The topological polar surface area (TPSA) is 15.3 Å². The molecule has 0 bridgehead atoms. The minimum atomic E-state index is 0.935. The molecule has 1 aromatic rings. The summed E-state index contributed by atoms with van der Waals surface area (Å²) in [6.07, 6.45) is 2.73. The molecule has 1 aliphatic heterocycles. The molecule has 102 valence electrons. The summed E-state index contributed by atoms with van der Waals surface area (Å²) >= 11 is 1.96. The molecule has 0 aromatic carbocycles. The lowest BCUT2D eigenvalue weighted by Gasteiger charge is -2.15. The average molecular weight is 266 g/mol. The Labute approximate surface area is 115 Å². The summed E-state index contributed by atoms with van der Waals surface area (Å²) in [5.41, 5.74) is 1.55. The maximum Gasteiger partial charge on any atom is 0.0299 e. The van der Waals surface area contributed by atoms with Crippen LogP contribution >= 0.6 is 11.3 Å². The van der Waals surface area contributed by atoms with Crippen molar-refractivity contribution >= 4 is 11.3 Å². The third-order valence-electron chi connectivity index (χ3n) is 3.96. The monoisotopic (exact) mass is 266 g/mol. The maximum absolute atomic E-state index is 3.41. The van der Waals surface area contributed by atoms with E-state index in [1.165, 1.54) is 35.7 Å². The Kier molecular flexibility index (Phi) is 5.22. The lowest BCUT2D eigenvalue weighted by molar-refractivity contribution is 0.315. The Balaban J connectivity index is 1.91. The molecule has 0 amide bonds. The van der Waals surface area contributed by atoms with E-state index < -0.39 is 0 Å². The molecule has 0 saturated carbocycles. The van der Waals surface area contributed by atoms with Crippen molar-refractivity contribution in [2.75, 3.05) is 19.6 Å². The summed E-state index contributed by atoms with van der Waals surface area (Å²) in [7, 11) is 0. The van der Waals surface area contributed by atoms with Gasteiger partial charge in [0.05, 0.1) is 0 Å². The van der Waals surface area contributed by atoms with E-state index in [9.17, 15) is 0 Å². The van der Waals surface area contributed by atoms with E-state index in [0.29, 0.717) is 0 Å². The fraction of sp³-hybridized carbons (Fsp3) is 0.733. The number of hydrogen-bond acceptors (Lipinski definition) is 3. The highest BCUT2D eigenvalue weighted by Gasteiger charge is 2.21. The van der Waals surface area contributed by atoms with Gasteiger partial charge in [-0.3, -0.25) is 4.90 Å². The third kappa shape index (κ3) is 3.56. The van der Waals surface area contributed by atoms with Gasteiger partial charge in [0.15, 0.2) is 0 Å². The van der Waals surface area contributed by atoms with Gasteiger partial charge in [0.2, 0.25) is 0 Å². The summed E-state index contributed by atoms with van der Waals surface area (Å²) in [5.74, 6) is 0.935. The number of nitrogens with one attached hydrogen (secondary N) is 1. The van der Waals surface area contributed by atoms with Gasteiger partial charge in [-0.15, -0.1) is 11.3 Å². The zero-order chi connectivity index (χ0) is 13.0. The molecular formula is C15H26N2S. The quantitative estimate of drug-likeness (QED) is 0.849. The minimum Gasteiger partial charge on any atom is -0.312 e. The predicted octanol–water partition coefficient (Wildman–Crippen LogP) is 3.40. The SMILES string of the molecule is CCNCc1cc(CN2CCC(CC)C2)c(C)s1. The molecule has 3 heteroatoms. The van der Waals surface area contributed by atoms with Crippen molar-refractivity contribution in [1.82, 2.24) is 10.2 Å². The number of aryl methyl sites for hydroxylation is 1. The summed E-state index contributed by atoms with van der Waals surface area (Å²) in [5, 5.41) is 3.41. The summed E-state index contributed by atoms with van der Waals surface area (Å²) in [6.45, 7) is 12.6. The first-order chi connectivity index (χ1) is 8.72. The molecule has 1 aliphatic rings. The highest BCUT2D eigenvalue weighted by molar-refractivity contribution is 7.12. The van der Waals surface area contributed by atoms with Crippen LogP contribution in [-0.4, -0.2) is 24.5 Å². The molecule has 2 rings (SSSR count). The van der Waals surface area contributed by atoms with E-state index in [1.54, 1.807) is 5.56 Å². The van der Waals surface area contributed by atoms with Gasteiger partial charge in [-0.25, -0.2) is 0 Å². The molecule has 1 saturated heterocycles. The first-order valence-electron chi connectivity index (χ1n) is 7.24. The fourth-order valence-corrected chi connectivity index (χ4v) is 3.73. The molecule has 0 spiro atoms. The van der Waals surface area contributed by atoms with Gasteiger partial charge in [0.1, 0.15) is 0 Å². The van der Waals surface area contributed by atoms with Gasteiger partial charge in [-0.1, -0.05) is 20.3 Å². The van der Waals surface area contributed by atoms with E-state index >= 15 is 0 Å². The Hall–Kier alpha value is -0.380. The van der Waals surface area contributed by atoms with Crippen LogP contribution in [-0.2, 0) is 13.1 Å². The van der Waals surface area contributed by atoms with Gasteiger partial charge >= 0.3 is 0 Å². The summed E-state index contributed by atoms with van der Waals surface area (Å²) < 4.78 is 0. The molecule has 0 radical (unpaired) electrons. The second-order valence-electron chi connectivity index (χ2n) is 5.37. The summed E-state index contributed by atoms with van der Waals surface area (Å²) in [4.78, 5) is 5.61. The van der Waals surface area contributed by atoms with Crippen molar-refractivity contribution in [2.45, 2.75) is 46.7 Å². The molecule has 2 heterocycles. The van der Waals surface area contributed by atoms with Crippen molar-refractivity contribution in [1.29, 1.82) is 0 Å². The maximum atomic E-state index is 3.41. The van der Waals surface area contributed by atoms with E-state index in [4.69, 9.17) is 0 Å². The van der Waals surface area contributed by atoms with Crippen molar-refractivity contribution in [3.05, 3.63) is 21.4 Å². The largest absolute Gasteiger partial charge is 0.312 e. The van der Waals surface area contributed by atoms with Crippen LogP contribution in [0.2, 0.25) is 0 Å². The zero-order valence-electron chi connectivity index (χ0n) is 12.0. The van der Waals surface area contributed by atoms with Crippen molar-refractivity contribution < 1.29 is 0 Å². The summed E-state index contributed by atoms with van der Waals surface area (Å²) in [6, 6.07) is 2.40. The Morgan fingerprint density at radius 3 is 2.94 bits per heavy atom. The van der Waals surface area contributed by atoms with Crippen LogP contribution in [0.5, 0.6) is 0 Å². The lowest BCUT2D eigenvalue weighted by Crippen LogP contribution is -2.20. The number of likely N-dealkylation sites (tertiary alicyclic amines) is 1. The van der Waals surface area contributed by atoms with Crippen LogP contribution in [0.1, 0.15) is 42.0 Å². The lowest BCUT2D eigenvalue weighted by atomic mass is 10.1. The highest BCUT2D eigenvalue weighted by Crippen LogP contribution is 2.26. The predicted molar refractivity (Wildman–Crippen MR) is 80.1 cm³/mol. The van der Waals surface area contributed by atoms with Crippen LogP contribution in [0.25, 0.3) is 0 Å².